The Morgan fingerprint density at radius 3 is 0.826 bits per heavy atom. The largest absolute Gasteiger partial charge is 0.425 e. The molecule has 4 atom stereocenters. The van der Waals surface area contributed by atoms with Crippen molar-refractivity contribution < 1.29 is 66.2 Å². The SMILES string of the molecule is FC(F)C(F)(OC(F)(C(F)F)C(F)C(F)(F)F)C(F)C(F)(F)F. The predicted octanol–water partition coefficient (Wildman–Crippen LogP) is 4.67. The minimum Gasteiger partial charge on any atom is -0.294 e. The molecule has 0 bridgehead atoms. The highest BCUT2D eigenvalue weighted by Crippen LogP contribution is 2.46. The van der Waals surface area contributed by atoms with Gasteiger partial charge in [-0.25, -0.2) is 35.1 Å². The molecule has 140 valence electrons. The maximum absolute atomic E-state index is 13.2. The van der Waals surface area contributed by atoms with E-state index in [0.717, 1.165) is 0 Å². The fourth-order valence-corrected chi connectivity index (χ4v) is 1.10. The van der Waals surface area contributed by atoms with Gasteiger partial charge in [0.05, 0.1) is 0 Å². The van der Waals surface area contributed by atoms with Crippen molar-refractivity contribution in [3.63, 3.8) is 0 Å². The molecule has 0 rings (SSSR count). The van der Waals surface area contributed by atoms with Gasteiger partial charge in [-0.2, -0.15) is 26.3 Å². The van der Waals surface area contributed by atoms with E-state index in [4.69, 9.17) is 0 Å². The van der Waals surface area contributed by atoms with Gasteiger partial charge in [-0.1, -0.05) is 0 Å². The summed E-state index contributed by atoms with van der Waals surface area (Å²) in [7, 11) is 0. The molecular weight excluding hydrogens is 378 g/mol. The molecule has 0 aliphatic rings. The van der Waals surface area contributed by atoms with Gasteiger partial charge in [0.2, 0.25) is 0 Å². The number of rotatable bonds is 6. The van der Waals surface area contributed by atoms with Crippen molar-refractivity contribution in [2.24, 2.45) is 0 Å². The van der Waals surface area contributed by atoms with Crippen LogP contribution in [0.4, 0.5) is 61.5 Å². The lowest BCUT2D eigenvalue weighted by Gasteiger charge is -2.37. The van der Waals surface area contributed by atoms with Gasteiger partial charge in [0.25, 0.3) is 25.2 Å². The minimum atomic E-state index is -6.61. The Morgan fingerprint density at radius 1 is 0.478 bits per heavy atom. The molecule has 4 unspecified atom stereocenters. The van der Waals surface area contributed by atoms with Crippen LogP contribution in [0.25, 0.3) is 0 Å². The monoisotopic (exact) mass is 382 g/mol. The Kier molecular flexibility index (Phi) is 6.18. The van der Waals surface area contributed by atoms with E-state index < -0.39 is 49.3 Å². The molecule has 0 aromatic carbocycles. The fourth-order valence-electron chi connectivity index (χ4n) is 1.10. The van der Waals surface area contributed by atoms with Gasteiger partial charge in [0, 0.05) is 0 Å². The zero-order chi connectivity index (χ0) is 19.0. The van der Waals surface area contributed by atoms with Crippen LogP contribution in [0.3, 0.4) is 0 Å². The molecule has 0 radical (unpaired) electrons. The van der Waals surface area contributed by atoms with Gasteiger partial charge in [-0.3, -0.25) is 4.74 Å². The van der Waals surface area contributed by atoms with E-state index in [1.165, 1.54) is 0 Å². The lowest BCUT2D eigenvalue weighted by Crippen LogP contribution is -2.61. The molecule has 0 N–H and O–H groups in total. The molecule has 0 saturated carbocycles. The van der Waals surface area contributed by atoms with E-state index in [1.54, 1.807) is 0 Å². The summed E-state index contributed by atoms with van der Waals surface area (Å²) in [4.78, 5) is 0. The molecule has 0 fully saturated rings. The van der Waals surface area contributed by atoms with Crippen molar-refractivity contribution >= 4 is 0 Å². The van der Waals surface area contributed by atoms with Crippen LogP contribution < -0.4 is 0 Å². The van der Waals surface area contributed by atoms with Crippen molar-refractivity contribution in [3.05, 3.63) is 0 Å². The van der Waals surface area contributed by atoms with E-state index >= 15 is 0 Å². The highest BCUT2D eigenvalue weighted by molar-refractivity contribution is 4.94. The van der Waals surface area contributed by atoms with Crippen LogP contribution >= 0.6 is 0 Å². The summed E-state index contributed by atoms with van der Waals surface area (Å²) in [6.07, 6.45) is -35.1. The fraction of sp³-hybridized carbons (Fsp3) is 1.00. The molecule has 0 aromatic rings. The number of halogens is 14. The van der Waals surface area contributed by atoms with Crippen LogP contribution in [0.1, 0.15) is 0 Å². The zero-order valence-electron chi connectivity index (χ0n) is 10.0. The molecular formula is C8H4F14O. The van der Waals surface area contributed by atoms with Crippen molar-refractivity contribution in [1.82, 2.24) is 0 Å². The lowest BCUT2D eigenvalue weighted by molar-refractivity contribution is -0.413. The first-order valence-electron chi connectivity index (χ1n) is 4.96. The summed E-state index contributed by atoms with van der Waals surface area (Å²) in [5.74, 6) is -12.7. The first kappa shape index (κ1) is 22.0. The van der Waals surface area contributed by atoms with E-state index in [9.17, 15) is 61.5 Å². The maximum atomic E-state index is 13.2. The summed E-state index contributed by atoms with van der Waals surface area (Å²) in [6, 6.07) is 0. The van der Waals surface area contributed by atoms with Crippen LogP contribution in [-0.4, -0.2) is 49.3 Å². The summed E-state index contributed by atoms with van der Waals surface area (Å²) in [6.45, 7) is 0. The molecule has 0 aliphatic carbocycles. The van der Waals surface area contributed by atoms with Crippen molar-refractivity contribution in [1.29, 1.82) is 0 Å². The third kappa shape index (κ3) is 4.50. The molecule has 0 spiro atoms. The molecule has 0 amide bonds. The molecule has 0 aromatic heterocycles. The molecule has 0 saturated heterocycles. The average molecular weight is 382 g/mol. The standard InChI is InChI=1S/C8H4F14O/c9-1(7(17,18)19)5(15,3(11)12)23-6(16,4(13)14)2(10)8(20,21)22/h1-4H. The summed E-state index contributed by atoms with van der Waals surface area (Å²) in [5, 5.41) is 0. The normalized spacial score (nSPS) is 21.9. The Bertz CT molecular complexity index is 353. The summed E-state index contributed by atoms with van der Waals surface area (Å²) in [5.41, 5.74) is 0. The first-order chi connectivity index (χ1) is 9.90. The third-order valence-corrected chi connectivity index (χ3v) is 2.17. The second kappa shape index (κ2) is 6.47. The van der Waals surface area contributed by atoms with E-state index in [2.05, 4.69) is 4.74 Å². The quantitative estimate of drug-likeness (QED) is 0.607. The predicted molar refractivity (Wildman–Crippen MR) is 42.7 cm³/mol. The van der Waals surface area contributed by atoms with Crippen LogP contribution in [0.2, 0.25) is 0 Å². The highest BCUT2D eigenvalue weighted by Gasteiger charge is 2.71. The van der Waals surface area contributed by atoms with Crippen LogP contribution in [0, 0.1) is 0 Å². The van der Waals surface area contributed by atoms with Gasteiger partial charge < -0.3 is 0 Å². The number of hydrogen-bond donors (Lipinski definition) is 0. The van der Waals surface area contributed by atoms with Gasteiger partial charge in [0.15, 0.2) is 0 Å². The summed E-state index contributed by atoms with van der Waals surface area (Å²) < 4.78 is 174. The number of ether oxygens (including phenoxy) is 1. The molecule has 15 heteroatoms. The Labute approximate surface area is 117 Å². The second-order valence-corrected chi connectivity index (χ2v) is 3.91. The Morgan fingerprint density at radius 2 is 0.696 bits per heavy atom. The van der Waals surface area contributed by atoms with Crippen molar-refractivity contribution in [3.8, 4) is 0 Å². The van der Waals surface area contributed by atoms with Crippen molar-refractivity contribution in [2.45, 2.75) is 49.3 Å². The Hall–Kier alpha value is -1.02. The smallest absolute Gasteiger partial charge is 0.294 e. The molecule has 0 heterocycles. The highest BCUT2D eigenvalue weighted by atomic mass is 19.4. The van der Waals surface area contributed by atoms with Gasteiger partial charge >= 0.3 is 24.1 Å². The average Bonchev–Trinajstić information content (AvgIpc) is 2.33. The van der Waals surface area contributed by atoms with Crippen LogP contribution in [-0.2, 0) is 4.74 Å². The molecule has 0 aliphatic heterocycles. The van der Waals surface area contributed by atoms with E-state index in [-0.39, 0.29) is 0 Å². The summed E-state index contributed by atoms with van der Waals surface area (Å²) >= 11 is 0. The van der Waals surface area contributed by atoms with Gasteiger partial charge in [-0.05, 0) is 0 Å². The topological polar surface area (TPSA) is 9.23 Å². The van der Waals surface area contributed by atoms with Gasteiger partial charge in [-0.15, -0.1) is 0 Å². The van der Waals surface area contributed by atoms with Crippen LogP contribution in [0.15, 0.2) is 0 Å². The third-order valence-electron chi connectivity index (χ3n) is 2.17. The number of hydrogen-bond acceptors (Lipinski definition) is 1. The Balaban J connectivity index is 5.95. The number of alkyl halides is 14. The lowest BCUT2D eigenvalue weighted by atomic mass is 10.1. The zero-order valence-corrected chi connectivity index (χ0v) is 10.0. The van der Waals surface area contributed by atoms with Crippen molar-refractivity contribution in [2.75, 3.05) is 0 Å². The molecule has 23 heavy (non-hydrogen) atoms. The van der Waals surface area contributed by atoms with E-state index in [1.807, 2.05) is 0 Å². The maximum Gasteiger partial charge on any atom is 0.425 e. The molecule has 1 nitrogen and oxygen atoms in total. The first-order valence-corrected chi connectivity index (χ1v) is 4.96. The van der Waals surface area contributed by atoms with E-state index in [0.29, 0.717) is 0 Å². The second-order valence-electron chi connectivity index (χ2n) is 3.91. The van der Waals surface area contributed by atoms with Crippen LogP contribution in [0.5, 0.6) is 0 Å². The van der Waals surface area contributed by atoms with Gasteiger partial charge in [0.1, 0.15) is 0 Å². The minimum absolute atomic E-state index is 2.10.